The summed E-state index contributed by atoms with van der Waals surface area (Å²) in [5.41, 5.74) is 0.732. The molecule has 0 saturated carbocycles. The second-order valence-corrected chi connectivity index (χ2v) is 9.11. The van der Waals surface area contributed by atoms with E-state index in [1.165, 1.54) is 18.5 Å². The van der Waals surface area contributed by atoms with Crippen LogP contribution in [-0.2, 0) is 17.1 Å². The van der Waals surface area contributed by atoms with Gasteiger partial charge >= 0.3 is 0 Å². The highest BCUT2D eigenvalue weighted by molar-refractivity contribution is 9.10. The summed E-state index contributed by atoms with van der Waals surface area (Å²) >= 11 is 3.46. The van der Waals surface area contributed by atoms with Gasteiger partial charge in [-0.2, -0.15) is 5.10 Å². The first-order chi connectivity index (χ1) is 13.3. The smallest absolute Gasteiger partial charge is 0.240 e. The molecule has 1 aliphatic rings. The second-order valence-electron chi connectivity index (χ2n) is 6.65. The number of fused-ring (bicyclic) bond motifs is 1. The van der Waals surface area contributed by atoms with Crippen molar-refractivity contribution in [2.24, 2.45) is 7.05 Å². The summed E-state index contributed by atoms with van der Waals surface area (Å²) in [5.74, 6) is 0.315. The lowest BCUT2D eigenvalue weighted by Gasteiger charge is -2.33. The van der Waals surface area contributed by atoms with Crippen LogP contribution in [0.1, 0.15) is 12.8 Å². The predicted molar refractivity (Wildman–Crippen MR) is 106 cm³/mol. The van der Waals surface area contributed by atoms with E-state index in [2.05, 4.69) is 40.6 Å². The Kier molecular flexibility index (Phi) is 5.06. The largest absolute Gasteiger partial charge is 0.356 e. The SMILES string of the molecule is Cn1nc(Br)c2c(N3CCC(NS(=O)(=O)c4ccc(F)cc4)CC3)ncnc21. The first-order valence-corrected chi connectivity index (χ1v) is 11.0. The van der Waals surface area contributed by atoms with Crippen LogP contribution in [0.2, 0.25) is 0 Å². The zero-order chi connectivity index (χ0) is 19.9. The second kappa shape index (κ2) is 7.37. The molecule has 1 saturated heterocycles. The standard InChI is InChI=1S/C17H18BrFN6O2S/c1-24-16-14(15(18)22-24)17(21-10-20-16)25-8-6-12(7-9-25)23-28(26,27)13-4-2-11(19)3-5-13/h2-5,10,12,23H,6-9H2,1H3. The van der Waals surface area contributed by atoms with E-state index >= 15 is 0 Å². The van der Waals surface area contributed by atoms with Gasteiger partial charge in [0.1, 0.15) is 22.6 Å². The van der Waals surface area contributed by atoms with Crippen molar-refractivity contribution in [2.75, 3.05) is 18.0 Å². The molecule has 1 aromatic carbocycles. The number of rotatable bonds is 4. The molecule has 8 nitrogen and oxygen atoms in total. The fourth-order valence-electron chi connectivity index (χ4n) is 3.38. The Hall–Kier alpha value is -2.11. The fraction of sp³-hybridized carbons (Fsp3) is 0.353. The Morgan fingerprint density at radius 2 is 1.86 bits per heavy atom. The normalized spacial score (nSPS) is 16.0. The molecule has 1 N–H and O–H groups in total. The monoisotopic (exact) mass is 468 g/mol. The van der Waals surface area contributed by atoms with Crippen LogP contribution < -0.4 is 9.62 Å². The zero-order valence-electron chi connectivity index (χ0n) is 15.0. The number of anilines is 1. The number of nitrogens with one attached hydrogen (secondary N) is 1. The van der Waals surface area contributed by atoms with Gasteiger partial charge in [-0.15, -0.1) is 0 Å². The van der Waals surface area contributed by atoms with Gasteiger partial charge in [0.25, 0.3) is 0 Å². The van der Waals surface area contributed by atoms with Crippen LogP contribution in [0.15, 0.2) is 40.1 Å². The highest BCUT2D eigenvalue weighted by Crippen LogP contribution is 2.31. The Bertz CT molecular complexity index is 1110. The lowest BCUT2D eigenvalue weighted by Crippen LogP contribution is -2.44. The number of hydrogen-bond acceptors (Lipinski definition) is 6. The third-order valence-corrected chi connectivity index (χ3v) is 6.89. The van der Waals surface area contributed by atoms with Gasteiger partial charge in [-0.05, 0) is 53.0 Å². The van der Waals surface area contributed by atoms with Gasteiger partial charge in [0, 0.05) is 26.2 Å². The van der Waals surface area contributed by atoms with Crippen molar-refractivity contribution in [2.45, 2.75) is 23.8 Å². The minimum atomic E-state index is -3.68. The third-order valence-electron chi connectivity index (χ3n) is 4.80. The van der Waals surface area contributed by atoms with Gasteiger partial charge < -0.3 is 4.90 Å². The average molecular weight is 469 g/mol. The third kappa shape index (κ3) is 3.61. The molecule has 0 spiro atoms. The van der Waals surface area contributed by atoms with Crippen molar-refractivity contribution in [3.05, 3.63) is 41.0 Å². The number of hydrogen-bond donors (Lipinski definition) is 1. The van der Waals surface area contributed by atoms with Gasteiger partial charge in [-0.3, -0.25) is 0 Å². The Morgan fingerprint density at radius 1 is 1.18 bits per heavy atom. The molecule has 1 aliphatic heterocycles. The quantitative estimate of drug-likeness (QED) is 0.630. The molecule has 28 heavy (non-hydrogen) atoms. The van der Waals surface area contributed by atoms with E-state index in [9.17, 15) is 12.8 Å². The first-order valence-electron chi connectivity index (χ1n) is 8.71. The van der Waals surface area contributed by atoms with Crippen LogP contribution in [0, 0.1) is 5.82 Å². The maximum atomic E-state index is 13.0. The number of benzene rings is 1. The molecule has 11 heteroatoms. The van der Waals surface area contributed by atoms with Crippen LogP contribution in [-0.4, -0.2) is 47.3 Å². The Balaban J connectivity index is 1.48. The molecule has 3 aromatic rings. The van der Waals surface area contributed by atoms with Crippen LogP contribution in [0.3, 0.4) is 0 Å². The maximum absolute atomic E-state index is 13.0. The summed E-state index contributed by atoms with van der Waals surface area (Å²) in [5, 5.41) is 5.18. The van der Waals surface area contributed by atoms with Gasteiger partial charge in [0.05, 0.1) is 10.3 Å². The van der Waals surface area contributed by atoms with Crippen molar-refractivity contribution in [3.8, 4) is 0 Å². The molecular formula is C17H18BrFN6O2S. The molecule has 148 valence electrons. The molecule has 4 rings (SSSR count). The van der Waals surface area contributed by atoms with E-state index < -0.39 is 15.8 Å². The Morgan fingerprint density at radius 3 is 2.54 bits per heavy atom. The van der Waals surface area contributed by atoms with Crippen molar-refractivity contribution in [3.63, 3.8) is 0 Å². The van der Waals surface area contributed by atoms with E-state index in [0.29, 0.717) is 30.5 Å². The van der Waals surface area contributed by atoms with Crippen LogP contribution in [0.4, 0.5) is 10.2 Å². The molecule has 0 bridgehead atoms. The molecule has 0 unspecified atom stereocenters. The molecule has 0 aliphatic carbocycles. The van der Waals surface area contributed by atoms with Crippen molar-refractivity contribution < 1.29 is 12.8 Å². The lowest BCUT2D eigenvalue weighted by molar-refractivity contribution is 0.459. The van der Waals surface area contributed by atoms with Crippen molar-refractivity contribution in [1.82, 2.24) is 24.5 Å². The van der Waals surface area contributed by atoms with E-state index in [-0.39, 0.29) is 10.9 Å². The summed E-state index contributed by atoms with van der Waals surface area (Å²) in [6, 6.07) is 4.63. The zero-order valence-corrected chi connectivity index (χ0v) is 17.4. The summed E-state index contributed by atoms with van der Waals surface area (Å²) in [6.07, 6.45) is 2.77. The summed E-state index contributed by atoms with van der Waals surface area (Å²) in [7, 11) is -1.86. The summed E-state index contributed by atoms with van der Waals surface area (Å²) in [6.45, 7) is 1.29. The van der Waals surface area contributed by atoms with Crippen LogP contribution >= 0.6 is 15.9 Å². The summed E-state index contributed by atoms with van der Waals surface area (Å²) in [4.78, 5) is 10.9. The number of nitrogens with zero attached hydrogens (tertiary/aromatic N) is 5. The highest BCUT2D eigenvalue weighted by Gasteiger charge is 2.27. The molecular weight excluding hydrogens is 451 g/mol. The molecule has 3 heterocycles. The summed E-state index contributed by atoms with van der Waals surface area (Å²) < 4.78 is 43.1. The van der Waals surface area contributed by atoms with E-state index in [1.54, 1.807) is 4.68 Å². The minimum Gasteiger partial charge on any atom is -0.356 e. The number of sulfonamides is 1. The maximum Gasteiger partial charge on any atom is 0.240 e. The molecule has 0 atom stereocenters. The molecule has 0 amide bonds. The molecule has 1 fully saturated rings. The topological polar surface area (TPSA) is 93.0 Å². The van der Waals surface area contributed by atoms with Gasteiger partial charge in [0.2, 0.25) is 10.0 Å². The molecule has 2 aromatic heterocycles. The van der Waals surface area contributed by atoms with Crippen LogP contribution in [0.5, 0.6) is 0 Å². The average Bonchev–Trinajstić information content (AvgIpc) is 2.97. The highest BCUT2D eigenvalue weighted by atomic mass is 79.9. The lowest BCUT2D eigenvalue weighted by atomic mass is 10.1. The van der Waals surface area contributed by atoms with Crippen molar-refractivity contribution in [1.29, 1.82) is 0 Å². The minimum absolute atomic E-state index is 0.0631. The van der Waals surface area contributed by atoms with E-state index in [1.807, 2.05) is 7.05 Å². The number of halogens is 2. The number of aryl methyl sites for hydroxylation is 1. The van der Waals surface area contributed by atoms with Gasteiger partial charge in [-0.1, -0.05) is 0 Å². The first kappa shape index (κ1) is 19.2. The fourth-order valence-corrected chi connectivity index (χ4v) is 5.27. The predicted octanol–water partition coefficient (Wildman–Crippen LogP) is 2.21. The molecule has 0 radical (unpaired) electrons. The number of piperidine rings is 1. The van der Waals surface area contributed by atoms with E-state index in [4.69, 9.17) is 0 Å². The van der Waals surface area contributed by atoms with Gasteiger partial charge in [-0.25, -0.2) is 32.2 Å². The van der Waals surface area contributed by atoms with Gasteiger partial charge in [0.15, 0.2) is 5.65 Å². The number of aromatic nitrogens is 4. The Labute approximate surface area is 170 Å². The van der Waals surface area contributed by atoms with Crippen LogP contribution in [0.25, 0.3) is 11.0 Å². The van der Waals surface area contributed by atoms with Crippen molar-refractivity contribution >= 4 is 42.8 Å². The van der Waals surface area contributed by atoms with E-state index in [0.717, 1.165) is 29.0 Å².